The quantitative estimate of drug-likeness (QED) is 0.641. The van der Waals surface area contributed by atoms with E-state index in [1.54, 1.807) is 0 Å². The van der Waals surface area contributed by atoms with Crippen molar-refractivity contribution in [2.75, 3.05) is 6.61 Å². The summed E-state index contributed by atoms with van der Waals surface area (Å²) in [6, 6.07) is 15.9. The summed E-state index contributed by atoms with van der Waals surface area (Å²) in [5, 5.41) is 14.6. The zero-order valence-corrected chi connectivity index (χ0v) is 18.3. The third-order valence-corrected chi connectivity index (χ3v) is 6.47. The van der Waals surface area contributed by atoms with Crippen LogP contribution in [0.1, 0.15) is 50.2 Å². The van der Waals surface area contributed by atoms with Crippen molar-refractivity contribution in [2.24, 2.45) is 5.92 Å². The molecule has 0 spiro atoms. The van der Waals surface area contributed by atoms with E-state index >= 15 is 0 Å². The number of benzene rings is 2. The maximum Gasteiger partial charge on any atom is 0.407 e. The number of aliphatic carboxylic acids is 1. The number of nitrogens with one attached hydrogen (secondary N) is 2. The predicted molar refractivity (Wildman–Crippen MR) is 119 cm³/mol. The van der Waals surface area contributed by atoms with E-state index in [2.05, 4.69) is 34.9 Å². The molecule has 1 saturated carbocycles. The minimum absolute atomic E-state index is 0.0350. The van der Waals surface area contributed by atoms with Gasteiger partial charge in [0.05, 0.1) is 5.92 Å². The zero-order valence-electron chi connectivity index (χ0n) is 18.3. The number of carboxylic acids is 1. The fraction of sp³-hybridized carbons (Fsp3) is 0.400. The lowest BCUT2D eigenvalue weighted by Gasteiger charge is -2.26. The molecular formula is C25H28N2O5. The maximum absolute atomic E-state index is 12.6. The molecule has 2 aliphatic carbocycles. The van der Waals surface area contributed by atoms with Crippen molar-refractivity contribution in [1.29, 1.82) is 0 Å². The first-order valence-electron chi connectivity index (χ1n) is 10.9. The normalized spacial score (nSPS) is 19.7. The molecule has 1 fully saturated rings. The summed E-state index contributed by atoms with van der Waals surface area (Å²) < 4.78 is 5.59. The van der Waals surface area contributed by atoms with Crippen LogP contribution in [0, 0.1) is 5.92 Å². The van der Waals surface area contributed by atoms with Crippen LogP contribution < -0.4 is 10.6 Å². The van der Waals surface area contributed by atoms with Gasteiger partial charge in [0, 0.05) is 12.0 Å². The Morgan fingerprint density at radius 1 is 1.00 bits per heavy atom. The third kappa shape index (κ3) is 4.20. The van der Waals surface area contributed by atoms with Crippen molar-refractivity contribution < 1.29 is 24.2 Å². The fourth-order valence-corrected chi connectivity index (χ4v) is 4.69. The lowest BCUT2D eigenvalue weighted by atomic mass is 9.98. The van der Waals surface area contributed by atoms with Gasteiger partial charge in [-0.15, -0.1) is 0 Å². The molecular weight excluding hydrogens is 408 g/mol. The zero-order chi connectivity index (χ0) is 22.9. The smallest absolute Gasteiger partial charge is 0.407 e. The molecule has 4 rings (SSSR count). The molecule has 0 saturated heterocycles. The molecule has 0 aromatic heterocycles. The van der Waals surface area contributed by atoms with Gasteiger partial charge in [-0.05, 0) is 48.9 Å². The van der Waals surface area contributed by atoms with Crippen molar-refractivity contribution in [3.05, 3.63) is 59.7 Å². The Balaban J connectivity index is 1.38. The number of alkyl carbamates (subject to hydrolysis) is 1. The monoisotopic (exact) mass is 436 g/mol. The van der Waals surface area contributed by atoms with Gasteiger partial charge in [0.2, 0.25) is 5.91 Å². The number of fused-ring (bicyclic) bond motifs is 3. The molecule has 168 valence electrons. The summed E-state index contributed by atoms with van der Waals surface area (Å²) in [5.41, 5.74) is 3.22. The molecule has 2 aliphatic rings. The summed E-state index contributed by atoms with van der Waals surface area (Å²) in [5.74, 6) is -1.98. The van der Waals surface area contributed by atoms with Crippen LogP contribution >= 0.6 is 0 Å². The molecule has 0 aliphatic heterocycles. The molecule has 2 aromatic carbocycles. The first kappa shape index (κ1) is 21.9. The topological polar surface area (TPSA) is 105 Å². The van der Waals surface area contributed by atoms with Crippen molar-refractivity contribution >= 4 is 18.0 Å². The minimum atomic E-state index is -1.37. The van der Waals surface area contributed by atoms with E-state index in [0.717, 1.165) is 28.7 Å². The van der Waals surface area contributed by atoms with Gasteiger partial charge in [0.1, 0.15) is 12.1 Å². The van der Waals surface area contributed by atoms with E-state index in [-0.39, 0.29) is 24.5 Å². The number of carboxylic acid groups (broad SMARTS) is 1. The van der Waals surface area contributed by atoms with Gasteiger partial charge in [0.25, 0.3) is 0 Å². The van der Waals surface area contributed by atoms with Crippen LogP contribution in [0.15, 0.2) is 48.5 Å². The Morgan fingerprint density at radius 3 is 2.19 bits per heavy atom. The fourth-order valence-electron chi connectivity index (χ4n) is 4.69. The number of carbonyl (C=O) groups excluding carboxylic acids is 2. The number of carbonyl (C=O) groups is 3. The Labute approximate surface area is 187 Å². The van der Waals surface area contributed by atoms with Gasteiger partial charge in [-0.3, -0.25) is 4.79 Å². The maximum atomic E-state index is 12.6. The highest BCUT2D eigenvalue weighted by Gasteiger charge is 2.38. The molecule has 7 heteroatoms. The first-order valence-corrected chi connectivity index (χ1v) is 10.9. The average Bonchev–Trinajstić information content (AvgIpc) is 3.34. The first-order chi connectivity index (χ1) is 15.3. The van der Waals surface area contributed by atoms with Crippen LogP contribution in [0.25, 0.3) is 11.1 Å². The molecule has 0 bridgehead atoms. The van der Waals surface area contributed by atoms with Gasteiger partial charge in [-0.2, -0.15) is 0 Å². The SMILES string of the molecule is CC(C)(NC(=O)C1CCCC1NC(=O)OCC1c2ccccc2-c2ccccc21)C(=O)O. The summed E-state index contributed by atoms with van der Waals surface area (Å²) in [6.45, 7) is 3.09. The molecule has 7 nitrogen and oxygen atoms in total. The van der Waals surface area contributed by atoms with E-state index in [1.165, 1.54) is 13.8 Å². The molecule has 0 heterocycles. The summed E-state index contributed by atoms with van der Waals surface area (Å²) in [6.07, 6.45) is 1.46. The lowest BCUT2D eigenvalue weighted by Crippen LogP contribution is -2.54. The second-order valence-corrected chi connectivity index (χ2v) is 9.03. The highest BCUT2D eigenvalue weighted by atomic mass is 16.5. The van der Waals surface area contributed by atoms with Gasteiger partial charge < -0.3 is 20.5 Å². The second kappa shape index (κ2) is 8.65. The Bertz CT molecular complexity index is 1000. The van der Waals surface area contributed by atoms with Gasteiger partial charge in [0.15, 0.2) is 0 Å². The summed E-state index contributed by atoms with van der Waals surface area (Å²) in [4.78, 5) is 36.5. The molecule has 3 N–H and O–H groups in total. The second-order valence-electron chi connectivity index (χ2n) is 9.03. The Kier molecular flexibility index (Phi) is 5.91. The van der Waals surface area contributed by atoms with E-state index in [9.17, 15) is 19.5 Å². The number of ether oxygens (including phenoxy) is 1. The van der Waals surface area contributed by atoms with Crippen LogP contribution in [0.4, 0.5) is 4.79 Å². The van der Waals surface area contributed by atoms with E-state index in [4.69, 9.17) is 4.74 Å². The lowest BCUT2D eigenvalue weighted by molar-refractivity contribution is -0.146. The van der Waals surface area contributed by atoms with E-state index < -0.39 is 23.5 Å². The Morgan fingerprint density at radius 2 is 1.59 bits per heavy atom. The van der Waals surface area contributed by atoms with E-state index in [1.807, 2.05) is 24.3 Å². The average molecular weight is 437 g/mol. The number of amides is 2. The summed E-state index contributed by atoms with van der Waals surface area (Å²) >= 11 is 0. The summed E-state index contributed by atoms with van der Waals surface area (Å²) in [7, 11) is 0. The van der Waals surface area contributed by atoms with Crippen LogP contribution in [0.3, 0.4) is 0 Å². The minimum Gasteiger partial charge on any atom is -0.480 e. The highest BCUT2D eigenvalue weighted by molar-refractivity contribution is 5.88. The highest BCUT2D eigenvalue weighted by Crippen LogP contribution is 2.44. The predicted octanol–water partition coefficient (Wildman–Crippen LogP) is 3.67. The van der Waals surface area contributed by atoms with Gasteiger partial charge in [-0.1, -0.05) is 55.0 Å². The molecule has 32 heavy (non-hydrogen) atoms. The van der Waals surface area contributed by atoms with Crippen molar-refractivity contribution in [3.63, 3.8) is 0 Å². The van der Waals surface area contributed by atoms with Gasteiger partial charge in [-0.25, -0.2) is 9.59 Å². The van der Waals surface area contributed by atoms with Crippen molar-refractivity contribution in [3.8, 4) is 11.1 Å². The molecule has 2 unspecified atom stereocenters. The number of hydrogen-bond acceptors (Lipinski definition) is 4. The standard InChI is InChI=1S/C25H28N2O5/c1-25(2,23(29)30)27-22(28)19-12-7-13-21(19)26-24(31)32-14-20-17-10-5-3-8-15(17)16-9-4-6-11-18(16)20/h3-6,8-11,19-21H,7,12-14H2,1-2H3,(H,26,31)(H,27,28)(H,29,30). The molecule has 2 amide bonds. The van der Waals surface area contributed by atoms with Crippen LogP contribution in [-0.2, 0) is 14.3 Å². The van der Waals surface area contributed by atoms with Gasteiger partial charge >= 0.3 is 12.1 Å². The van der Waals surface area contributed by atoms with Crippen LogP contribution in [0.2, 0.25) is 0 Å². The van der Waals surface area contributed by atoms with E-state index in [0.29, 0.717) is 12.8 Å². The van der Waals surface area contributed by atoms with Crippen molar-refractivity contribution in [2.45, 2.75) is 50.6 Å². The Hall–Kier alpha value is -3.35. The number of hydrogen-bond donors (Lipinski definition) is 3. The third-order valence-electron chi connectivity index (χ3n) is 6.47. The van der Waals surface area contributed by atoms with Crippen LogP contribution in [0.5, 0.6) is 0 Å². The number of rotatable bonds is 6. The molecule has 0 radical (unpaired) electrons. The molecule has 2 aromatic rings. The van der Waals surface area contributed by atoms with Crippen molar-refractivity contribution in [1.82, 2.24) is 10.6 Å². The van der Waals surface area contributed by atoms with Crippen LogP contribution in [-0.4, -0.2) is 41.3 Å². The molecule has 2 atom stereocenters. The largest absolute Gasteiger partial charge is 0.480 e.